The van der Waals surface area contributed by atoms with Gasteiger partial charge in [0.05, 0.1) is 12.2 Å². The zero-order chi connectivity index (χ0) is 17.9. The van der Waals surface area contributed by atoms with Gasteiger partial charge in [-0.15, -0.1) is 11.8 Å². The molecule has 0 aliphatic carbocycles. The first-order chi connectivity index (χ1) is 12.7. The number of rotatable bonds is 3. The minimum absolute atomic E-state index is 0.0135. The largest absolute Gasteiger partial charge is 0.307 e. The first kappa shape index (κ1) is 16.9. The van der Waals surface area contributed by atoms with E-state index in [1.54, 1.807) is 34.9 Å². The van der Waals surface area contributed by atoms with Gasteiger partial charge in [-0.3, -0.25) is 4.79 Å². The Labute approximate surface area is 156 Å². The highest BCUT2D eigenvalue weighted by Gasteiger charge is 2.29. The number of benzene rings is 3. The topological polar surface area (TPSA) is 20.3 Å². The molecular formula is C22H18FNOS. The van der Waals surface area contributed by atoms with Gasteiger partial charge in [0.25, 0.3) is 0 Å². The number of carbonyl (C=O) groups is 1. The molecule has 1 heterocycles. The first-order valence-electron chi connectivity index (χ1n) is 8.57. The summed E-state index contributed by atoms with van der Waals surface area (Å²) < 4.78 is 14.1. The van der Waals surface area contributed by atoms with Crippen LogP contribution in [-0.4, -0.2) is 5.91 Å². The van der Waals surface area contributed by atoms with Crippen LogP contribution in [0.2, 0.25) is 0 Å². The summed E-state index contributed by atoms with van der Waals surface area (Å²) in [4.78, 5) is 15.8. The van der Waals surface area contributed by atoms with E-state index < -0.39 is 0 Å². The highest BCUT2D eigenvalue weighted by Crippen LogP contribution is 2.45. The number of anilines is 1. The van der Waals surface area contributed by atoms with Gasteiger partial charge in [0.15, 0.2) is 0 Å². The SMILES string of the molecule is O=C1C[C@H](c2ccccc2)Sc2ccccc2N1Cc1ccccc1F. The Balaban J connectivity index is 1.72. The number of hydrogen-bond donors (Lipinski definition) is 0. The number of thioether (sulfide) groups is 1. The van der Waals surface area contributed by atoms with Gasteiger partial charge in [-0.2, -0.15) is 0 Å². The Morgan fingerprint density at radius 2 is 1.62 bits per heavy atom. The summed E-state index contributed by atoms with van der Waals surface area (Å²) in [6.45, 7) is 0.241. The van der Waals surface area contributed by atoms with E-state index >= 15 is 0 Å². The average molecular weight is 363 g/mol. The maximum atomic E-state index is 14.1. The van der Waals surface area contributed by atoms with Crippen LogP contribution in [0.4, 0.5) is 10.1 Å². The summed E-state index contributed by atoms with van der Waals surface area (Å²) in [5, 5.41) is 0.0514. The van der Waals surface area contributed by atoms with E-state index in [0.717, 1.165) is 16.1 Å². The third kappa shape index (κ3) is 3.37. The van der Waals surface area contributed by atoms with Crippen molar-refractivity contribution in [1.82, 2.24) is 0 Å². The molecule has 0 unspecified atom stereocenters. The zero-order valence-electron chi connectivity index (χ0n) is 14.1. The smallest absolute Gasteiger partial charge is 0.228 e. The second-order valence-electron chi connectivity index (χ2n) is 6.26. The second kappa shape index (κ2) is 7.34. The van der Waals surface area contributed by atoms with Gasteiger partial charge in [-0.1, -0.05) is 60.7 Å². The van der Waals surface area contributed by atoms with Crippen LogP contribution in [0.15, 0.2) is 83.8 Å². The minimum Gasteiger partial charge on any atom is -0.307 e. The molecule has 0 fully saturated rings. The van der Waals surface area contributed by atoms with Crippen molar-refractivity contribution in [2.24, 2.45) is 0 Å². The van der Waals surface area contributed by atoms with E-state index in [9.17, 15) is 9.18 Å². The lowest BCUT2D eigenvalue weighted by Crippen LogP contribution is -2.30. The third-order valence-electron chi connectivity index (χ3n) is 4.54. The lowest BCUT2D eigenvalue weighted by atomic mass is 10.1. The first-order valence-corrected chi connectivity index (χ1v) is 9.45. The van der Waals surface area contributed by atoms with Crippen LogP contribution < -0.4 is 4.90 Å². The van der Waals surface area contributed by atoms with Crippen molar-refractivity contribution in [1.29, 1.82) is 0 Å². The molecule has 130 valence electrons. The predicted octanol–water partition coefficient (Wildman–Crippen LogP) is 5.60. The molecule has 1 aliphatic heterocycles. The Morgan fingerprint density at radius 1 is 0.923 bits per heavy atom. The van der Waals surface area contributed by atoms with Crippen molar-refractivity contribution in [3.63, 3.8) is 0 Å². The fourth-order valence-corrected chi connectivity index (χ4v) is 4.48. The van der Waals surface area contributed by atoms with E-state index in [1.807, 2.05) is 42.5 Å². The molecular weight excluding hydrogens is 345 g/mol. The van der Waals surface area contributed by atoms with Gasteiger partial charge in [0.2, 0.25) is 5.91 Å². The molecule has 4 heteroatoms. The number of nitrogens with zero attached hydrogens (tertiary/aromatic N) is 1. The minimum atomic E-state index is -0.283. The van der Waals surface area contributed by atoms with Gasteiger partial charge in [-0.25, -0.2) is 4.39 Å². The highest BCUT2D eigenvalue weighted by atomic mass is 32.2. The summed E-state index contributed by atoms with van der Waals surface area (Å²) in [6.07, 6.45) is 0.387. The molecule has 26 heavy (non-hydrogen) atoms. The normalized spacial score (nSPS) is 16.9. The van der Waals surface area contributed by atoms with Crippen molar-refractivity contribution in [2.75, 3.05) is 4.90 Å². The van der Waals surface area contributed by atoms with Crippen molar-refractivity contribution in [3.05, 3.63) is 95.8 Å². The molecule has 2 nitrogen and oxygen atoms in total. The monoisotopic (exact) mass is 363 g/mol. The van der Waals surface area contributed by atoms with Crippen molar-refractivity contribution in [2.45, 2.75) is 23.1 Å². The zero-order valence-corrected chi connectivity index (χ0v) is 15.0. The van der Waals surface area contributed by atoms with Gasteiger partial charge in [-0.05, 0) is 23.8 Å². The summed E-state index contributed by atoms with van der Waals surface area (Å²) in [5.74, 6) is -0.270. The number of hydrogen-bond acceptors (Lipinski definition) is 2. The summed E-state index contributed by atoms with van der Waals surface area (Å²) >= 11 is 1.70. The molecule has 3 aromatic carbocycles. The second-order valence-corrected chi connectivity index (χ2v) is 7.50. The molecule has 1 atom stereocenters. The van der Waals surface area contributed by atoms with Gasteiger partial charge < -0.3 is 4.90 Å². The van der Waals surface area contributed by atoms with Gasteiger partial charge in [0.1, 0.15) is 5.82 Å². The van der Waals surface area contributed by atoms with Gasteiger partial charge in [0, 0.05) is 22.1 Å². The van der Waals surface area contributed by atoms with Crippen molar-refractivity contribution in [3.8, 4) is 0 Å². The molecule has 0 saturated heterocycles. The maximum Gasteiger partial charge on any atom is 0.228 e. The molecule has 0 saturated carbocycles. The summed E-state index contributed by atoms with van der Waals surface area (Å²) in [7, 11) is 0. The quantitative estimate of drug-likeness (QED) is 0.604. The van der Waals surface area contributed by atoms with Crippen molar-refractivity contribution >= 4 is 23.4 Å². The maximum absolute atomic E-state index is 14.1. The van der Waals surface area contributed by atoms with E-state index in [0.29, 0.717) is 12.0 Å². The van der Waals surface area contributed by atoms with Crippen LogP contribution in [0, 0.1) is 5.82 Å². The van der Waals surface area contributed by atoms with E-state index in [1.165, 1.54) is 6.07 Å². The van der Waals surface area contributed by atoms with Crippen LogP contribution in [0.1, 0.15) is 22.8 Å². The molecule has 1 amide bonds. The Bertz CT molecular complexity index is 928. The fraction of sp³-hybridized carbons (Fsp3) is 0.136. The van der Waals surface area contributed by atoms with E-state index in [4.69, 9.17) is 0 Å². The lowest BCUT2D eigenvalue weighted by Gasteiger charge is -2.23. The van der Waals surface area contributed by atoms with Crippen molar-refractivity contribution < 1.29 is 9.18 Å². The highest BCUT2D eigenvalue weighted by molar-refractivity contribution is 7.99. The van der Waals surface area contributed by atoms with E-state index in [-0.39, 0.29) is 23.5 Å². The van der Waals surface area contributed by atoms with Gasteiger partial charge >= 0.3 is 0 Å². The Morgan fingerprint density at radius 3 is 2.42 bits per heavy atom. The lowest BCUT2D eigenvalue weighted by molar-refractivity contribution is -0.118. The van der Waals surface area contributed by atoms with Crippen LogP contribution in [0.5, 0.6) is 0 Å². The predicted molar refractivity (Wildman–Crippen MR) is 104 cm³/mol. The standard InChI is InChI=1S/C22H18FNOS/c23-18-11-5-4-10-17(18)15-24-19-12-6-7-13-20(19)26-21(14-22(24)25)16-8-2-1-3-9-16/h1-13,21H,14-15H2/t21-/m1/s1. The Hall–Kier alpha value is -2.59. The van der Waals surface area contributed by atoms with E-state index in [2.05, 4.69) is 12.1 Å². The van der Waals surface area contributed by atoms with Crippen LogP contribution in [-0.2, 0) is 11.3 Å². The molecule has 0 radical (unpaired) electrons. The fourth-order valence-electron chi connectivity index (χ4n) is 3.20. The number of carbonyl (C=O) groups excluding carboxylic acids is 1. The molecule has 0 aromatic heterocycles. The Kier molecular flexibility index (Phi) is 4.76. The molecule has 4 rings (SSSR count). The third-order valence-corrected chi connectivity index (χ3v) is 5.87. The van der Waals surface area contributed by atoms with Crippen LogP contribution in [0.25, 0.3) is 0 Å². The van der Waals surface area contributed by atoms with Crippen LogP contribution in [0.3, 0.4) is 0 Å². The average Bonchev–Trinajstić information content (AvgIpc) is 2.81. The summed E-state index contributed by atoms with van der Waals surface area (Å²) in [5.41, 5.74) is 2.51. The molecule has 0 spiro atoms. The molecule has 0 bridgehead atoms. The number of amides is 1. The summed E-state index contributed by atoms with van der Waals surface area (Å²) in [6, 6.07) is 24.6. The molecule has 0 N–H and O–H groups in total. The number of fused-ring (bicyclic) bond motifs is 1. The molecule has 1 aliphatic rings. The molecule has 3 aromatic rings. The number of halogens is 1. The number of para-hydroxylation sites is 1. The van der Waals surface area contributed by atoms with Crippen LogP contribution >= 0.6 is 11.8 Å².